The first-order valence-corrected chi connectivity index (χ1v) is 6.18. The number of amides is 1. The minimum Gasteiger partial charge on any atom is -0.341 e. The van der Waals surface area contributed by atoms with Crippen molar-refractivity contribution in [2.24, 2.45) is 0 Å². The monoisotopic (exact) mass is 302 g/mol. The summed E-state index contributed by atoms with van der Waals surface area (Å²) in [5.41, 5.74) is -5.09. The molecule has 114 valence electrons. The van der Waals surface area contributed by atoms with Gasteiger partial charge in [0.15, 0.2) is 5.67 Å². The van der Waals surface area contributed by atoms with Crippen LogP contribution < -0.4 is 5.32 Å². The molecule has 0 radical (unpaired) electrons. The van der Waals surface area contributed by atoms with E-state index >= 15 is 0 Å². The highest BCUT2D eigenvalue weighted by molar-refractivity contribution is 5.86. The average Bonchev–Trinajstić information content (AvgIpc) is 2.36. The Hall–Kier alpha value is -2.12. The lowest BCUT2D eigenvalue weighted by Crippen LogP contribution is -2.62. The molecule has 1 N–H and O–H groups in total. The third-order valence-corrected chi connectivity index (χ3v) is 3.76. The van der Waals surface area contributed by atoms with Crippen molar-refractivity contribution in [1.82, 2.24) is 5.32 Å². The predicted molar refractivity (Wildman–Crippen MR) is 67.6 cm³/mol. The van der Waals surface area contributed by atoms with Crippen LogP contribution in [0, 0.1) is 15.9 Å². The Morgan fingerprint density at radius 2 is 2.05 bits per heavy atom. The van der Waals surface area contributed by atoms with Gasteiger partial charge in [-0.05, 0) is 19.9 Å². The Bertz CT molecular complexity index is 621. The third-order valence-electron chi connectivity index (χ3n) is 3.76. The zero-order valence-electron chi connectivity index (χ0n) is 11.3. The van der Waals surface area contributed by atoms with Crippen LogP contribution in [0.3, 0.4) is 0 Å². The number of piperidine rings is 1. The van der Waals surface area contributed by atoms with Gasteiger partial charge in [-0.1, -0.05) is 0 Å². The molecule has 1 aliphatic heterocycles. The zero-order valence-corrected chi connectivity index (χ0v) is 11.3. The van der Waals surface area contributed by atoms with Gasteiger partial charge in [0, 0.05) is 24.1 Å². The van der Waals surface area contributed by atoms with Gasteiger partial charge >= 0.3 is 0 Å². The number of nitrogens with one attached hydrogen (secondary N) is 1. The molecule has 0 spiro atoms. The molecule has 21 heavy (non-hydrogen) atoms. The van der Waals surface area contributed by atoms with Crippen molar-refractivity contribution in [1.29, 1.82) is 0 Å². The zero-order chi connectivity index (χ0) is 16.0. The number of halogens is 3. The molecular formula is C13H13F3N2O3. The number of hydrogen-bond acceptors (Lipinski definition) is 3. The molecular weight excluding hydrogens is 289 g/mol. The van der Waals surface area contributed by atoms with Gasteiger partial charge in [0.25, 0.3) is 11.6 Å². The SMILES string of the molecule is C[C@]1(F)C[C@H](F)[C@@](C)(c2cc([N+](=O)[O-])ccc2F)NC1=O. The summed E-state index contributed by atoms with van der Waals surface area (Å²) in [6.45, 7) is 2.10. The summed E-state index contributed by atoms with van der Waals surface area (Å²) in [6, 6.07) is 2.60. The van der Waals surface area contributed by atoms with Crippen LogP contribution in [0.2, 0.25) is 0 Å². The molecule has 1 amide bonds. The van der Waals surface area contributed by atoms with Crippen molar-refractivity contribution >= 4 is 11.6 Å². The molecule has 1 heterocycles. The van der Waals surface area contributed by atoms with Crippen LogP contribution in [-0.2, 0) is 10.3 Å². The summed E-state index contributed by atoms with van der Waals surface area (Å²) in [5.74, 6) is -1.99. The van der Waals surface area contributed by atoms with Crippen molar-refractivity contribution in [3.05, 3.63) is 39.7 Å². The van der Waals surface area contributed by atoms with Gasteiger partial charge in [-0.15, -0.1) is 0 Å². The van der Waals surface area contributed by atoms with E-state index in [4.69, 9.17) is 0 Å². The highest BCUT2D eigenvalue weighted by atomic mass is 19.2. The second-order valence-corrected chi connectivity index (χ2v) is 5.45. The van der Waals surface area contributed by atoms with Gasteiger partial charge in [-0.3, -0.25) is 14.9 Å². The fourth-order valence-electron chi connectivity index (χ4n) is 2.34. The van der Waals surface area contributed by atoms with E-state index in [1.165, 1.54) is 6.92 Å². The van der Waals surface area contributed by atoms with Crippen LogP contribution in [0.5, 0.6) is 0 Å². The maximum Gasteiger partial charge on any atom is 0.270 e. The molecule has 1 aliphatic rings. The topological polar surface area (TPSA) is 72.2 Å². The minimum atomic E-state index is -2.41. The molecule has 1 fully saturated rings. The molecule has 0 saturated carbocycles. The third kappa shape index (κ3) is 2.45. The summed E-state index contributed by atoms with van der Waals surface area (Å²) in [7, 11) is 0. The minimum absolute atomic E-state index is 0.381. The largest absolute Gasteiger partial charge is 0.341 e. The average molecular weight is 302 g/mol. The van der Waals surface area contributed by atoms with Crippen LogP contribution in [-0.4, -0.2) is 22.7 Å². The first kappa shape index (κ1) is 15.3. The molecule has 2 rings (SSSR count). The molecule has 8 heteroatoms. The van der Waals surface area contributed by atoms with E-state index in [-0.39, 0.29) is 5.56 Å². The first-order chi connectivity index (χ1) is 9.58. The Labute approximate surface area is 118 Å². The van der Waals surface area contributed by atoms with Gasteiger partial charge < -0.3 is 5.32 Å². The normalized spacial score (nSPS) is 32.6. The van der Waals surface area contributed by atoms with Crippen molar-refractivity contribution in [2.45, 2.75) is 37.6 Å². The van der Waals surface area contributed by atoms with Gasteiger partial charge in [0.05, 0.1) is 10.5 Å². The lowest BCUT2D eigenvalue weighted by Gasteiger charge is -2.42. The fraction of sp³-hybridized carbons (Fsp3) is 0.462. The number of non-ortho nitro benzene ring substituents is 1. The summed E-state index contributed by atoms with van der Waals surface area (Å²) in [5, 5.41) is 12.8. The van der Waals surface area contributed by atoms with E-state index in [2.05, 4.69) is 5.32 Å². The second kappa shape index (κ2) is 4.71. The highest BCUT2D eigenvalue weighted by Gasteiger charge is 2.52. The number of hydrogen-bond donors (Lipinski definition) is 1. The molecule has 0 aromatic heterocycles. The van der Waals surface area contributed by atoms with Crippen LogP contribution in [0.25, 0.3) is 0 Å². The van der Waals surface area contributed by atoms with E-state index in [9.17, 15) is 28.1 Å². The predicted octanol–water partition coefficient (Wildman–Crippen LogP) is 2.54. The quantitative estimate of drug-likeness (QED) is 0.674. The van der Waals surface area contributed by atoms with E-state index in [1.54, 1.807) is 0 Å². The molecule has 0 aliphatic carbocycles. The van der Waals surface area contributed by atoms with Crippen molar-refractivity contribution in [2.75, 3.05) is 0 Å². The number of carbonyl (C=O) groups is 1. The van der Waals surface area contributed by atoms with Crippen LogP contribution in [0.1, 0.15) is 25.8 Å². The summed E-state index contributed by atoms with van der Waals surface area (Å²) >= 11 is 0. The molecule has 1 aromatic carbocycles. The van der Waals surface area contributed by atoms with Gasteiger partial charge in [-0.2, -0.15) is 0 Å². The number of nitro groups is 1. The molecule has 3 atom stereocenters. The first-order valence-electron chi connectivity index (χ1n) is 6.18. The standard InChI is InChI=1S/C13H13F3N2O3/c1-12(16)6-10(15)13(2,17-11(12)19)8-5-7(18(20)21)3-4-9(8)14/h3-5,10H,6H2,1-2H3,(H,17,19)/t10-,12-,13+/m0/s1. The van der Waals surface area contributed by atoms with Crippen LogP contribution >= 0.6 is 0 Å². The smallest absolute Gasteiger partial charge is 0.270 e. The van der Waals surface area contributed by atoms with Gasteiger partial charge in [0.1, 0.15) is 12.0 Å². The van der Waals surface area contributed by atoms with Crippen molar-refractivity contribution in [3.63, 3.8) is 0 Å². The highest BCUT2D eigenvalue weighted by Crippen LogP contribution is 2.40. The number of alkyl halides is 2. The Kier molecular flexibility index (Phi) is 3.43. The van der Waals surface area contributed by atoms with Crippen LogP contribution in [0.15, 0.2) is 18.2 Å². The van der Waals surface area contributed by atoms with E-state index in [1.807, 2.05) is 0 Å². The lowest BCUT2D eigenvalue weighted by molar-refractivity contribution is -0.385. The van der Waals surface area contributed by atoms with Gasteiger partial charge in [-0.25, -0.2) is 13.2 Å². The lowest BCUT2D eigenvalue weighted by atomic mass is 9.77. The molecule has 5 nitrogen and oxygen atoms in total. The number of nitrogens with zero attached hydrogens (tertiary/aromatic N) is 1. The maximum absolute atomic E-state index is 14.3. The number of benzene rings is 1. The fourth-order valence-corrected chi connectivity index (χ4v) is 2.34. The van der Waals surface area contributed by atoms with Gasteiger partial charge in [0.2, 0.25) is 0 Å². The van der Waals surface area contributed by atoms with E-state index in [0.717, 1.165) is 25.1 Å². The molecule has 0 unspecified atom stereocenters. The molecule has 0 bridgehead atoms. The van der Waals surface area contributed by atoms with Crippen molar-refractivity contribution < 1.29 is 22.9 Å². The second-order valence-electron chi connectivity index (χ2n) is 5.45. The maximum atomic E-state index is 14.3. The number of carbonyl (C=O) groups excluding carboxylic acids is 1. The summed E-state index contributed by atoms with van der Waals surface area (Å²) in [4.78, 5) is 21.7. The van der Waals surface area contributed by atoms with Crippen LogP contribution in [0.4, 0.5) is 18.9 Å². The molecule has 1 aromatic rings. The Balaban J connectivity index is 2.52. The summed E-state index contributed by atoms with van der Waals surface area (Å²) < 4.78 is 42.1. The van der Waals surface area contributed by atoms with E-state index < -0.39 is 46.1 Å². The van der Waals surface area contributed by atoms with Crippen molar-refractivity contribution in [3.8, 4) is 0 Å². The Morgan fingerprint density at radius 1 is 1.43 bits per heavy atom. The number of nitro benzene ring substituents is 1. The summed E-state index contributed by atoms with van der Waals surface area (Å²) in [6.07, 6.45) is -2.68. The van der Waals surface area contributed by atoms with E-state index in [0.29, 0.717) is 0 Å². The molecule has 1 saturated heterocycles. The Morgan fingerprint density at radius 3 is 2.62 bits per heavy atom. The number of rotatable bonds is 2.